The predicted octanol–water partition coefficient (Wildman–Crippen LogP) is 7.47. The van der Waals surface area contributed by atoms with Gasteiger partial charge in [0.15, 0.2) is 0 Å². The molecule has 6 rings (SSSR count). The van der Waals surface area contributed by atoms with E-state index in [0.29, 0.717) is 18.8 Å². The van der Waals surface area contributed by atoms with Crippen LogP contribution < -0.4 is 0 Å². The molecule has 0 heterocycles. The summed E-state index contributed by atoms with van der Waals surface area (Å²) in [4.78, 5) is 39.0. The first-order valence-corrected chi connectivity index (χ1v) is 15.6. The maximum absolute atomic E-state index is 13.6. The van der Waals surface area contributed by atoms with Gasteiger partial charge in [-0.1, -0.05) is 26.0 Å². The third-order valence-corrected chi connectivity index (χ3v) is 11.7. The number of carbonyl (C=O) groups is 3. The third kappa shape index (κ3) is 5.04. The van der Waals surface area contributed by atoms with E-state index in [0.717, 1.165) is 32.1 Å². The lowest BCUT2D eigenvalue weighted by molar-refractivity contribution is -0.232. The van der Waals surface area contributed by atoms with Crippen molar-refractivity contribution in [3.05, 3.63) is 83.4 Å². The molecule has 1 spiro atoms. The Morgan fingerprint density at radius 3 is 1.98 bits per heavy atom. The number of benzene rings is 2. The topological polar surface area (TPSA) is 78.9 Å². The Morgan fingerprint density at radius 2 is 1.41 bits per heavy atom. The van der Waals surface area contributed by atoms with Crippen LogP contribution in [-0.4, -0.2) is 36.7 Å². The fraction of sp³-hybridized carbons (Fsp3) is 0.528. The largest absolute Gasteiger partial charge is 0.465 e. The van der Waals surface area contributed by atoms with Crippen LogP contribution in [0.15, 0.2) is 60.7 Å². The molecule has 0 saturated heterocycles. The number of esters is 3. The summed E-state index contributed by atoms with van der Waals surface area (Å²) < 4.78 is 45.4. The Bertz CT molecular complexity index is 1470. The minimum absolute atomic E-state index is 0.0393. The van der Waals surface area contributed by atoms with Crippen LogP contribution in [0.2, 0.25) is 0 Å². The van der Waals surface area contributed by atoms with E-state index in [4.69, 9.17) is 14.2 Å². The zero-order chi connectivity index (χ0) is 31.4. The van der Waals surface area contributed by atoms with Crippen molar-refractivity contribution >= 4 is 17.9 Å². The van der Waals surface area contributed by atoms with Gasteiger partial charge in [-0.05, 0) is 117 Å². The van der Waals surface area contributed by atoms with E-state index >= 15 is 0 Å². The first kappa shape index (κ1) is 30.5. The lowest BCUT2D eigenvalue weighted by Crippen LogP contribution is -2.66. The van der Waals surface area contributed by atoms with E-state index in [-0.39, 0.29) is 40.4 Å². The minimum atomic E-state index is -0.789. The first-order chi connectivity index (χ1) is 20.9. The van der Waals surface area contributed by atoms with Crippen molar-refractivity contribution in [1.29, 1.82) is 0 Å². The zero-order valence-corrected chi connectivity index (χ0v) is 25.6. The molecular formula is C36H40F2O6. The molecule has 0 radical (unpaired) electrons. The number of carbonyl (C=O) groups excluding carboxylic acids is 3. The molecule has 1 unspecified atom stereocenters. The van der Waals surface area contributed by atoms with Crippen LogP contribution in [0.4, 0.5) is 8.78 Å². The summed E-state index contributed by atoms with van der Waals surface area (Å²) in [5, 5.41) is 0. The normalized spacial score (nSPS) is 35.7. The quantitative estimate of drug-likeness (QED) is 0.193. The van der Waals surface area contributed by atoms with Gasteiger partial charge < -0.3 is 14.2 Å². The van der Waals surface area contributed by atoms with Crippen LogP contribution in [0.3, 0.4) is 0 Å². The Labute approximate surface area is 257 Å². The van der Waals surface area contributed by atoms with Gasteiger partial charge in [0, 0.05) is 17.8 Å². The average Bonchev–Trinajstić information content (AvgIpc) is 3.23. The van der Waals surface area contributed by atoms with Crippen LogP contribution in [0, 0.1) is 45.6 Å². The fourth-order valence-electron chi connectivity index (χ4n) is 9.63. The van der Waals surface area contributed by atoms with E-state index < -0.39 is 47.2 Å². The standard InChI is InChI=1S/C36H40F2O6/c1-21-18-36-19-25(21)9-14-28(36)34(3)16-15-30(43-32(40)23-5-10-26(37)11-6-23)35(4,20-42-22(2)39)29(34)17-31(36)44-33(41)24-7-12-27(38)13-8-24/h5-8,10-13,25,28-31H,1,9,14-20H2,2-4H3/t25-,28+,29?,30-,31+,34+,35-,36+/m1/s1. The maximum atomic E-state index is 13.6. The fourth-order valence-corrected chi connectivity index (χ4v) is 9.63. The molecule has 6 nitrogen and oxygen atoms in total. The molecule has 0 amide bonds. The number of fused-ring (bicyclic) bond motifs is 3. The highest BCUT2D eigenvalue weighted by Gasteiger charge is 2.70. The number of hydrogen-bond acceptors (Lipinski definition) is 6. The molecule has 0 N–H and O–H groups in total. The Morgan fingerprint density at radius 1 is 0.841 bits per heavy atom. The Kier molecular flexibility index (Phi) is 7.70. The highest BCUT2D eigenvalue weighted by Crippen LogP contribution is 2.73. The summed E-state index contributed by atoms with van der Waals surface area (Å²) >= 11 is 0. The van der Waals surface area contributed by atoms with Gasteiger partial charge in [0.1, 0.15) is 30.4 Å². The predicted molar refractivity (Wildman–Crippen MR) is 158 cm³/mol. The molecule has 0 aromatic heterocycles. The van der Waals surface area contributed by atoms with Gasteiger partial charge in [-0.25, -0.2) is 18.4 Å². The molecule has 44 heavy (non-hydrogen) atoms. The van der Waals surface area contributed by atoms with Crippen molar-refractivity contribution < 1.29 is 37.4 Å². The van der Waals surface area contributed by atoms with E-state index in [1.54, 1.807) is 0 Å². The number of allylic oxidation sites excluding steroid dienone is 1. The van der Waals surface area contributed by atoms with Crippen LogP contribution in [0.5, 0.6) is 0 Å². The van der Waals surface area contributed by atoms with Gasteiger partial charge in [-0.2, -0.15) is 0 Å². The Balaban J connectivity index is 1.37. The molecule has 2 aromatic carbocycles. The summed E-state index contributed by atoms with van der Waals surface area (Å²) in [6.45, 7) is 10.2. The van der Waals surface area contributed by atoms with Gasteiger partial charge in [-0.15, -0.1) is 0 Å². The molecule has 4 aliphatic rings. The Hall–Kier alpha value is -3.55. The summed E-state index contributed by atoms with van der Waals surface area (Å²) in [5.74, 6) is -1.89. The molecule has 234 valence electrons. The zero-order valence-electron chi connectivity index (χ0n) is 25.6. The lowest BCUT2D eigenvalue weighted by atomic mass is 9.40. The van der Waals surface area contributed by atoms with Crippen LogP contribution in [0.1, 0.15) is 86.4 Å². The molecule has 2 bridgehead atoms. The molecule has 4 aliphatic carbocycles. The highest BCUT2D eigenvalue weighted by molar-refractivity contribution is 5.90. The first-order valence-electron chi connectivity index (χ1n) is 15.6. The van der Waals surface area contributed by atoms with E-state index in [1.165, 1.54) is 61.0 Å². The van der Waals surface area contributed by atoms with E-state index in [2.05, 4.69) is 13.5 Å². The van der Waals surface area contributed by atoms with Gasteiger partial charge in [0.25, 0.3) is 0 Å². The van der Waals surface area contributed by atoms with Crippen molar-refractivity contribution in [2.24, 2.45) is 34.0 Å². The van der Waals surface area contributed by atoms with Crippen LogP contribution in [-0.2, 0) is 19.0 Å². The summed E-state index contributed by atoms with van der Waals surface area (Å²) in [6, 6.07) is 10.6. The van der Waals surface area contributed by atoms with E-state index in [1.807, 2.05) is 6.92 Å². The second kappa shape index (κ2) is 11.1. The number of rotatable bonds is 6. The smallest absolute Gasteiger partial charge is 0.338 e. The van der Waals surface area contributed by atoms with Crippen molar-refractivity contribution in [3.8, 4) is 0 Å². The number of halogens is 2. The second-order valence-corrected chi connectivity index (χ2v) is 14.0. The van der Waals surface area contributed by atoms with Gasteiger partial charge >= 0.3 is 17.9 Å². The summed E-state index contributed by atoms with van der Waals surface area (Å²) in [5.41, 5.74) is 0.466. The average molecular weight is 607 g/mol. The van der Waals surface area contributed by atoms with Crippen LogP contribution in [0.25, 0.3) is 0 Å². The van der Waals surface area contributed by atoms with Crippen molar-refractivity contribution in [1.82, 2.24) is 0 Å². The van der Waals surface area contributed by atoms with Crippen molar-refractivity contribution in [2.75, 3.05) is 6.61 Å². The van der Waals surface area contributed by atoms with E-state index in [9.17, 15) is 23.2 Å². The number of ether oxygens (including phenoxy) is 3. The van der Waals surface area contributed by atoms with Crippen molar-refractivity contribution in [3.63, 3.8) is 0 Å². The molecule has 2 aromatic rings. The molecule has 4 saturated carbocycles. The molecular weight excluding hydrogens is 566 g/mol. The molecule has 8 atom stereocenters. The summed E-state index contributed by atoms with van der Waals surface area (Å²) in [6.07, 6.45) is 4.51. The molecule has 8 heteroatoms. The highest BCUT2D eigenvalue weighted by atomic mass is 19.1. The maximum Gasteiger partial charge on any atom is 0.338 e. The van der Waals surface area contributed by atoms with Crippen molar-refractivity contribution in [2.45, 2.75) is 77.9 Å². The molecule has 0 aliphatic heterocycles. The second-order valence-electron chi connectivity index (χ2n) is 14.0. The monoisotopic (exact) mass is 606 g/mol. The van der Waals surface area contributed by atoms with Gasteiger partial charge in [-0.3, -0.25) is 4.79 Å². The molecule has 4 fully saturated rings. The van der Waals surface area contributed by atoms with Crippen LogP contribution >= 0.6 is 0 Å². The summed E-state index contributed by atoms with van der Waals surface area (Å²) in [7, 11) is 0. The minimum Gasteiger partial charge on any atom is -0.465 e. The SMILES string of the molecule is C=C1C[C@]23C[C@H]1CC[C@H]2[C@]1(C)CC[C@@H](OC(=O)c2ccc(F)cc2)[C@](C)(COC(C)=O)C1C[C@@H]3OC(=O)c1ccc(F)cc1. The van der Waals surface area contributed by atoms with Gasteiger partial charge in [0.05, 0.1) is 11.1 Å². The van der Waals surface area contributed by atoms with Gasteiger partial charge in [0.2, 0.25) is 0 Å². The third-order valence-electron chi connectivity index (χ3n) is 11.7. The lowest BCUT2D eigenvalue weighted by Gasteiger charge is -2.66. The number of hydrogen-bond donors (Lipinski definition) is 0.